The van der Waals surface area contributed by atoms with Crippen LogP contribution in [0.4, 0.5) is 17.1 Å². The van der Waals surface area contributed by atoms with E-state index in [1.54, 1.807) is 0 Å². The molecule has 0 atom stereocenters. The van der Waals surface area contributed by atoms with Gasteiger partial charge < -0.3 is 4.90 Å². The lowest BCUT2D eigenvalue weighted by molar-refractivity contribution is 0.794. The fourth-order valence-corrected chi connectivity index (χ4v) is 10.9. The van der Waals surface area contributed by atoms with E-state index in [9.17, 15) is 0 Å². The molecule has 1 aromatic heterocycles. The Labute approximate surface area is 311 Å². The smallest absolute Gasteiger partial charge is 0.0725 e. The molecule has 9 aromatic carbocycles. The molecule has 1 spiro atoms. The molecule has 2 aliphatic rings. The van der Waals surface area contributed by atoms with Gasteiger partial charge in [0.2, 0.25) is 0 Å². The number of hydrogen-bond donors (Lipinski definition) is 0. The highest BCUT2D eigenvalue weighted by molar-refractivity contribution is 7.26. The minimum absolute atomic E-state index is 0.368. The SMILES string of the molecule is c1ccc2c(c1)-c1ccccc1C21c2ccccc2-c2cc(N(c3ccc4ccccc4c3)c3cc4ccccc4c4c3sc3ccccc34)ccc21. The molecule has 53 heavy (non-hydrogen) atoms. The third kappa shape index (κ3) is 3.86. The molecular weight excluding hydrogens is 659 g/mol. The summed E-state index contributed by atoms with van der Waals surface area (Å²) in [4.78, 5) is 2.51. The molecule has 0 saturated carbocycles. The zero-order valence-corrected chi connectivity index (χ0v) is 29.6. The van der Waals surface area contributed by atoms with Crippen LogP contribution < -0.4 is 4.90 Å². The first-order valence-corrected chi connectivity index (χ1v) is 19.2. The third-order valence-electron chi connectivity index (χ3n) is 11.8. The first-order chi connectivity index (χ1) is 26.3. The zero-order chi connectivity index (χ0) is 34.7. The Morgan fingerprint density at radius 2 is 0.906 bits per heavy atom. The molecule has 0 amide bonds. The van der Waals surface area contributed by atoms with E-state index in [-0.39, 0.29) is 5.41 Å². The fourth-order valence-electron chi connectivity index (χ4n) is 9.69. The maximum Gasteiger partial charge on any atom is 0.0725 e. The van der Waals surface area contributed by atoms with Crippen LogP contribution >= 0.6 is 11.3 Å². The lowest BCUT2D eigenvalue weighted by Crippen LogP contribution is -2.25. The van der Waals surface area contributed by atoms with Gasteiger partial charge in [-0.1, -0.05) is 152 Å². The first-order valence-electron chi connectivity index (χ1n) is 18.3. The summed E-state index contributed by atoms with van der Waals surface area (Å²) in [5, 5.41) is 7.65. The van der Waals surface area contributed by atoms with E-state index in [0.29, 0.717) is 0 Å². The Balaban J connectivity index is 1.18. The average Bonchev–Trinajstić information content (AvgIpc) is 3.86. The van der Waals surface area contributed by atoms with E-state index in [1.165, 1.54) is 91.9 Å². The molecule has 0 aliphatic heterocycles. The second-order valence-corrected chi connectivity index (χ2v) is 15.5. The molecule has 0 radical (unpaired) electrons. The van der Waals surface area contributed by atoms with Gasteiger partial charge in [0, 0.05) is 26.8 Å². The Kier molecular flexibility index (Phi) is 5.92. The van der Waals surface area contributed by atoms with Crippen LogP contribution in [0.15, 0.2) is 188 Å². The minimum atomic E-state index is -0.368. The Bertz CT molecular complexity index is 3100. The van der Waals surface area contributed by atoms with Crippen molar-refractivity contribution >= 4 is 70.1 Å². The second-order valence-electron chi connectivity index (χ2n) is 14.4. The summed E-state index contributed by atoms with van der Waals surface area (Å²) in [6, 6.07) is 70.2. The van der Waals surface area contributed by atoms with E-state index in [1.807, 2.05) is 11.3 Å². The van der Waals surface area contributed by atoms with Crippen molar-refractivity contribution in [3.05, 3.63) is 210 Å². The number of thiophene rings is 1. The van der Waals surface area contributed by atoms with Crippen molar-refractivity contribution in [2.45, 2.75) is 5.41 Å². The summed E-state index contributed by atoms with van der Waals surface area (Å²) in [7, 11) is 0. The van der Waals surface area contributed by atoms with E-state index in [4.69, 9.17) is 0 Å². The lowest BCUT2D eigenvalue weighted by atomic mass is 9.70. The van der Waals surface area contributed by atoms with Crippen molar-refractivity contribution in [2.24, 2.45) is 0 Å². The molecule has 0 unspecified atom stereocenters. The molecule has 10 aromatic rings. The monoisotopic (exact) mass is 689 g/mol. The molecule has 2 aliphatic carbocycles. The van der Waals surface area contributed by atoms with Crippen LogP contribution in [0.1, 0.15) is 22.3 Å². The van der Waals surface area contributed by atoms with Crippen LogP contribution in [0, 0.1) is 0 Å². The highest BCUT2D eigenvalue weighted by Crippen LogP contribution is 2.63. The third-order valence-corrected chi connectivity index (χ3v) is 13.0. The highest BCUT2D eigenvalue weighted by Gasteiger charge is 2.51. The van der Waals surface area contributed by atoms with Gasteiger partial charge in [0.05, 0.1) is 15.8 Å². The number of anilines is 3. The summed E-state index contributed by atoms with van der Waals surface area (Å²) in [5.41, 5.74) is 13.8. The maximum absolute atomic E-state index is 2.51. The normalized spacial score (nSPS) is 13.4. The van der Waals surface area contributed by atoms with Crippen LogP contribution in [0.2, 0.25) is 0 Å². The van der Waals surface area contributed by atoms with Gasteiger partial charge in [-0.05, 0) is 102 Å². The predicted molar refractivity (Wildman–Crippen MR) is 225 cm³/mol. The quantitative estimate of drug-likeness (QED) is 0.178. The van der Waals surface area contributed by atoms with Gasteiger partial charge in [-0.25, -0.2) is 0 Å². The molecule has 0 fully saturated rings. The van der Waals surface area contributed by atoms with Crippen molar-refractivity contribution in [2.75, 3.05) is 4.90 Å². The van der Waals surface area contributed by atoms with Crippen molar-refractivity contribution in [1.82, 2.24) is 0 Å². The van der Waals surface area contributed by atoms with E-state index in [0.717, 1.165) is 11.4 Å². The van der Waals surface area contributed by atoms with Gasteiger partial charge in [-0.3, -0.25) is 0 Å². The van der Waals surface area contributed by atoms with Crippen LogP contribution in [0.3, 0.4) is 0 Å². The van der Waals surface area contributed by atoms with Gasteiger partial charge >= 0.3 is 0 Å². The number of benzene rings is 9. The first kappa shape index (κ1) is 29.1. The van der Waals surface area contributed by atoms with Crippen molar-refractivity contribution in [1.29, 1.82) is 0 Å². The van der Waals surface area contributed by atoms with E-state index >= 15 is 0 Å². The van der Waals surface area contributed by atoms with E-state index in [2.05, 4.69) is 193 Å². The van der Waals surface area contributed by atoms with Gasteiger partial charge in [-0.2, -0.15) is 0 Å². The van der Waals surface area contributed by atoms with Crippen LogP contribution in [0.5, 0.6) is 0 Å². The highest BCUT2D eigenvalue weighted by atomic mass is 32.1. The van der Waals surface area contributed by atoms with Gasteiger partial charge in [0.25, 0.3) is 0 Å². The maximum atomic E-state index is 2.51. The molecule has 0 N–H and O–H groups in total. The molecule has 12 rings (SSSR count). The fraction of sp³-hybridized carbons (Fsp3) is 0.0196. The summed E-state index contributed by atoms with van der Waals surface area (Å²) >= 11 is 1.90. The number of rotatable bonds is 3. The molecule has 1 heterocycles. The molecule has 246 valence electrons. The Hall–Kier alpha value is -6.48. The van der Waals surface area contributed by atoms with Gasteiger partial charge in [0.15, 0.2) is 0 Å². The molecule has 0 saturated heterocycles. The van der Waals surface area contributed by atoms with Gasteiger partial charge in [-0.15, -0.1) is 11.3 Å². The summed E-state index contributed by atoms with van der Waals surface area (Å²) in [6.45, 7) is 0. The Morgan fingerprint density at radius 1 is 0.377 bits per heavy atom. The lowest BCUT2D eigenvalue weighted by Gasteiger charge is -2.31. The predicted octanol–water partition coefficient (Wildman–Crippen LogP) is 14.2. The summed E-state index contributed by atoms with van der Waals surface area (Å²) in [6.07, 6.45) is 0. The summed E-state index contributed by atoms with van der Waals surface area (Å²) in [5.74, 6) is 0. The number of hydrogen-bond acceptors (Lipinski definition) is 2. The Morgan fingerprint density at radius 3 is 1.64 bits per heavy atom. The largest absolute Gasteiger partial charge is 0.309 e. The standard InChI is InChI=1S/C51H31NS/c1-2-14-33-29-35(26-25-32(33)13-1)52(47-30-34-15-3-4-16-37(34)49-41-20-8-12-24-48(41)53-50(47)49)36-27-28-46-42(31-36)40-19-7-11-23-45(40)51(46)43-21-9-5-17-38(43)39-18-6-10-22-44(39)51/h1-31H. The van der Waals surface area contributed by atoms with E-state index < -0.39 is 0 Å². The molecular formula is C51H31NS. The topological polar surface area (TPSA) is 3.24 Å². The average molecular weight is 690 g/mol. The van der Waals surface area contributed by atoms with Gasteiger partial charge in [0.1, 0.15) is 0 Å². The zero-order valence-electron chi connectivity index (χ0n) is 28.8. The molecule has 2 heteroatoms. The van der Waals surface area contributed by atoms with Crippen molar-refractivity contribution in [3.63, 3.8) is 0 Å². The number of nitrogens with zero attached hydrogens (tertiary/aromatic N) is 1. The van der Waals surface area contributed by atoms with Crippen LogP contribution in [-0.2, 0) is 5.41 Å². The molecule has 0 bridgehead atoms. The van der Waals surface area contributed by atoms with Crippen LogP contribution in [-0.4, -0.2) is 0 Å². The summed E-state index contributed by atoms with van der Waals surface area (Å²) < 4.78 is 2.61. The van der Waals surface area contributed by atoms with Crippen LogP contribution in [0.25, 0.3) is 64.0 Å². The minimum Gasteiger partial charge on any atom is -0.309 e. The second kappa shape index (κ2) is 10.8. The molecule has 1 nitrogen and oxygen atoms in total. The van der Waals surface area contributed by atoms with Crippen molar-refractivity contribution in [3.8, 4) is 22.3 Å². The number of fused-ring (bicyclic) bond motifs is 16. The van der Waals surface area contributed by atoms with Crippen molar-refractivity contribution < 1.29 is 0 Å².